The van der Waals surface area contributed by atoms with Crippen molar-refractivity contribution in [1.29, 1.82) is 0 Å². The average molecular weight is 428 g/mol. The molecule has 0 saturated carbocycles. The van der Waals surface area contributed by atoms with Gasteiger partial charge in [-0.3, -0.25) is 9.69 Å². The van der Waals surface area contributed by atoms with Crippen molar-refractivity contribution < 1.29 is 29.0 Å². The molecular weight excluding hydrogens is 386 g/mol. The molecule has 1 fully saturated rings. The lowest BCUT2D eigenvalue weighted by Crippen LogP contribution is -2.54. The van der Waals surface area contributed by atoms with Crippen LogP contribution in [0.4, 0.5) is 4.79 Å². The lowest BCUT2D eigenvalue weighted by molar-refractivity contribution is -0.150. The van der Waals surface area contributed by atoms with Gasteiger partial charge in [-0.05, 0) is 46.5 Å². The van der Waals surface area contributed by atoms with E-state index in [1.165, 1.54) is 12.0 Å². The molecule has 1 aliphatic heterocycles. The first-order valence-corrected chi connectivity index (χ1v) is 11.4. The van der Waals surface area contributed by atoms with Crippen LogP contribution in [0, 0.1) is 0 Å². The van der Waals surface area contributed by atoms with Crippen molar-refractivity contribution in [1.82, 2.24) is 4.90 Å². The van der Waals surface area contributed by atoms with E-state index in [2.05, 4.69) is 4.74 Å². The van der Waals surface area contributed by atoms with Crippen LogP contribution >= 0.6 is 0 Å². The molecule has 1 atom stereocenters. The van der Waals surface area contributed by atoms with Gasteiger partial charge >= 0.3 is 18.0 Å². The van der Waals surface area contributed by atoms with Gasteiger partial charge in [0.25, 0.3) is 0 Å². The SMILES string of the molecule is COC(=O)CCCCCCCCCCC[C@@]1(C(=O)O)CCCN1C(=O)OC(C)(C)C. The van der Waals surface area contributed by atoms with Gasteiger partial charge in [-0.2, -0.15) is 0 Å². The summed E-state index contributed by atoms with van der Waals surface area (Å²) in [6, 6.07) is 0. The van der Waals surface area contributed by atoms with Crippen LogP contribution in [0.5, 0.6) is 0 Å². The summed E-state index contributed by atoms with van der Waals surface area (Å²) in [5, 5.41) is 9.90. The molecule has 0 aromatic carbocycles. The quantitative estimate of drug-likeness (QED) is 0.316. The van der Waals surface area contributed by atoms with Crippen LogP contribution in [0.1, 0.15) is 104 Å². The van der Waals surface area contributed by atoms with Crippen molar-refractivity contribution in [3.8, 4) is 0 Å². The number of likely N-dealkylation sites (tertiary alicyclic amines) is 1. The molecule has 0 unspecified atom stereocenters. The number of esters is 1. The summed E-state index contributed by atoms with van der Waals surface area (Å²) in [6.45, 7) is 5.82. The van der Waals surface area contributed by atoms with E-state index in [4.69, 9.17) is 4.74 Å². The van der Waals surface area contributed by atoms with E-state index in [-0.39, 0.29) is 5.97 Å². The van der Waals surface area contributed by atoms with Crippen LogP contribution in [0.15, 0.2) is 0 Å². The molecule has 0 radical (unpaired) electrons. The van der Waals surface area contributed by atoms with E-state index in [0.29, 0.717) is 32.2 Å². The minimum absolute atomic E-state index is 0.137. The van der Waals surface area contributed by atoms with E-state index in [1.54, 1.807) is 20.8 Å². The molecule has 0 aromatic rings. The van der Waals surface area contributed by atoms with Crippen LogP contribution < -0.4 is 0 Å². The standard InChI is InChI=1S/C23H41NO6/c1-22(2,3)30-21(28)24-18-14-17-23(24,20(26)27)16-13-11-9-7-5-6-8-10-12-15-19(25)29-4/h5-18H2,1-4H3,(H,26,27)/t23-/m0/s1. The number of hydrogen-bond donors (Lipinski definition) is 1. The van der Waals surface area contributed by atoms with Gasteiger partial charge in [-0.1, -0.05) is 51.4 Å². The maximum absolute atomic E-state index is 12.5. The van der Waals surface area contributed by atoms with Crippen LogP contribution in [-0.4, -0.2) is 52.8 Å². The molecule has 1 saturated heterocycles. The first-order valence-electron chi connectivity index (χ1n) is 11.4. The molecule has 0 aliphatic carbocycles. The van der Waals surface area contributed by atoms with Gasteiger partial charge in [0.05, 0.1) is 7.11 Å². The Morgan fingerprint density at radius 3 is 1.97 bits per heavy atom. The van der Waals surface area contributed by atoms with Crippen LogP contribution in [0.2, 0.25) is 0 Å². The van der Waals surface area contributed by atoms with E-state index in [1.807, 2.05) is 0 Å². The lowest BCUT2D eigenvalue weighted by Gasteiger charge is -2.36. The second-order valence-corrected chi connectivity index (χ2v) is 9.33. The molecule has 0 spiro atoms. The summed E-state index contributed by atoms with van der Waals surface area (Å²) in [5.74, 6) is -1.06. The fourth-order valence-electron chi connectivity index (χ4n) is 4.08. The molecule has 0 aromatic heterocycles. The molecule has 1 N–H and O–H groups in total. The Balaban J connectivity index is 2.28. The Morgan fingerprint density at radius 1 is 0.933 bits per heavy atom. The number of carbonyl (C=O) groups excluding carboxylic acids is 2. The predicted molar refractivity (Wildman–Crippen MR) is 115 cm³/mol. The summed E-state index contributed by atoms with van der Waals surface area (Å²) in [4.78, 5) is 37.1. The van der Waals surface area contributed by atoms with Gasteiger partial charge in [0.2, 0.25) is 0 Å². The van der Waals surface area contributed by atoms with Crippen molar-refractivity contribution >= 4 is 18.0 Å². The zero-order valence-corrected chi connectivity index (χ0v) is 19.3. The Hall–Kier alpha value is -1.79. The third-order valence-corrected chi connectivity index (χ3v) is 5.70. The number of methoxy groups -OCH3 is 1. The van der Waals surface area contributed by atoms with E-state index < -0.39 is 23.2 Å². The summed E-state index contributed by atoms with van der Waals surface area (Å²) in [7, 11) is 1.42. The molecule has 1 aliphatic rings. The molecule has 1 heterocycles. The minimum atomic E-state index is -1.12. The molecule has 1 rings (SSSR count). The highest BCUT2D eigenvalue weighted by molar-refractivity contribution is 5.85. The van der Waals surface area contributed by atoms with Gasteiger partial charge in [0, 0.05) is 13.0 Å². The fraction of sp³-hybridized carbons (Fsp3) is 0.870. The number of nitrogens with zero attached hydrogens (tertiary/aromatic N) is 1. The van der Waals surface area contributed by atoms with Crippen LogP contribution in [-0.2, 0) is 19.1 Å². The Kier molecular flexibility index (Phi) is 11.2. The first-order chi connectivity index (χ1) is 14.1. The summed E-state index contributed by atoms with van der Waals surface area (Å²) >= 11 is 0. The maximum atomic E-state index is 12.5. The second kappa shape index (κ2) is 12.8. The summed E-state index contributed by atoms with van der Waals surface area (Å²) in [5.41, 5.74) is -1.76. The number of ether oxygens (including phenoxy) is 2. The zero-order valence-electron chi connectivity index (χ0n) is 19.3. The molecular formula is C23H41NO6. The molecule has 1 amide bonds. The normalized spacial score (nSPS) is 19.0. The van der Waals surface area contributed by atoms with Crippen molar-refractivity contribution in [2.75, 3.05) is 13.7 Å². The Labute approximate surface area is 181 Å². The van der Waals surface area contributed by atoms with Crippen molar-refractivity contribution in [3.63, 3.8) is 0 Å². The average Bonchev–Trinajstić information content (AvgIpc) is 3.10. The molecule has 0 bridgehead atoms. The summed E-state index contributed by atoms with van der Waals surface area (Å²) in [6.07, 6.45) is 11.0. The molecule has 7 nitrogen and oxygen atoms in total. The number of carbonyl (C=O) groups is 3. The van der Waals surface area contributed by atoms with Gasteiger partial charge < -0.3 is 14.6 Å². The maximum Gasteiger partial charge on any atom is 0.411 e. The highest BCUT2D eigenvalue weighted by atomic mass is 16.6. The minimum Gasteiger partial charge on any atom is -0.479 e. The number of amides is 1. The fourth-order valence-corrected chi connectivity index (χ4v) is 4.08. The Bertz CT molecular complexity index is 556. The number of carboxylic acid groups (broad SMARTS) is 1. The smallest absolute Gasteiger partial charge is 0.411 e. The van der Waals surface area contributed by atoms with Gasteiger partial charge in [-0.15, -0.1) is 0 Å². The molecule has 30 heavy (non-hydrogen) atoms. The highest BCUT2D eigenvalue weighted by Crippen LogP contribution is 2.36. The third kappa shape index (κ3) is 8.92. The van der Waals surface area contributed by atoms with E-state index in [0.717, 1.165) is 57.8 Å². The monoisotopic (exact) mass is 427 g/mol. The number of carboxylic acids is 1. The predicted octanol–water partition coefficient (Wildman–Crippen LogP) is 5.30. The van der Waals surface area contributed by atoms with Crippen molar-refractivity contribution in [3.05, 3.63) is 0 Å². The second-order valence-electron chi connectivity index (χ2n) is 9.33. The molecule has 7 heteroatoms. The van der Waals surface area contributed by atoms with Crippen LogP contribution in [0.3, 0.4) is 0 Å². The first kappa shape index (κ1) is 26.2. The van der Waals surface area contributed by atoms with Crippen molar-refractivity contribution in [2.45, 2.75) is 115 Å². The van der Waals surface area contributed by atoms with Gasteiger partial charge in [-0.25, -0.2) is 9.59 Å². The lowest BCUT2D eigenvalue weighted by atomic mass is 9.89. The number of aliphatic carboxylic acids is 1. The Morgan fingerprint density at radius 2 is 1.47 bits per heavy atom. The zero-order chi connectivity index (χ0) is 22.6. The third-order valence-electron chi connectivity index (χ3n) is 5.70. The van der Waals surface area contributed by atoms with Crippen LogP contribution in [0.25, 0.3) is 0 Å². The highest BCUT2D eigenvalue weighted by Gasteiger charge is 2.50. The number of unbranched alkanes of at least 4 members (excludes halogenated alkanes) is 8. The van der Waals surface area contributed by atoms with Crippen molar-refractivity contribution in [2.24, 2.45) is 0 Å². The topological polar surface area (TPSA) is 93.1 Å². The van der Waals surface area contributed by atoms with E-state index >= 15 is 0 Å². The number of hydrogen-bond acceptors (Lipinski definition) is 5. The van der Waals surface area contributed by atoms with E-state index in [9.17, 15) is 19.5 Å². The molecule has 174 valence electrons. The number of rotatable bonds is 13. The van der Waals surface area contributed by atoms with Gasteiger partial charge in [0.15, 0.2) is 0 Å². The largest absolute Gasteiger partial charge is 0.479 e. The van der Waals surface area contributed by atoms with Gasteiger partial charge in [0.1, 0.15) is 11.1 Å². The summed E-state index contributed by atoms with van der Waals surface area (Å²) < 4.78 is 10.1.